The molecule has 1 atom stereocenters. The third-order valence-electron chi connectivity index (χ3n) is 2.68. The average molecular weight is 253 g/mol. The van der Waals surface area contributed by atoms with Crippen molar-refractivity contribution in [3.8, 4) is 11.8 Å². The zero-order chi connectivity index (χ0) is 12.8. The van der Waals surface area contributed by atoms with Crippen molar-refractivity contribution in [2.24, 2.45) is 0 Å². The van der Waals surface area contributed by atoms with Crippen LogP contribution in [0.15, 0.2) is 6.33 Å². The molecule has 1 aliphatic heterocycles. The SMILES string of the molecule is CCOc1ncnc(OCC2CNCCO2)c1C. The Kier molecular flexibility index (Phi) is 4.72. The van der Waals surface area contributed by atoms with Gasteiger partial charge in [-0.05, 0) is 13.8 Å². The van der Waals surface area contributed by atoms with Gasteiger partial charge in [-0.2, -0.15) is 0 Å². The fourth-order valence-corrected chi connectivity index (χ4v) is 1.75. The van der Waals surface area contributed by atoms with Gasteiger partial charge in [-0.1, -0.05) is 0 Å². The van der Waals surface area contributed by atoms with E-state index in [1.54, 1.807) is 0 Å². The molecule has 1 aromatic rings. The zero-order valence-corrected chi connectivity index (χ0v) is 10.8. The number of hydrogen-bond acceptors (Lipinski definition) is 6. The molecule has 0 bridgehead atoms. The Morgan fingerprint density at radius 1 is 1.39 bits per heavy atom. The molecule has 2 heterocycles. The molecule has 6 heteroatoms. The molecule has 0 spiro atoms. The van der Waals surface area contributed by atoms with Crippen LogP contribution in [-0.2, 0) is 4.74 Å². The summed E-state index contributed by atoms with van der Waals surface area (Å²) in [6.45, 7) is 7.30. The van der Waals surface area contributed by atoms with E-state index in [2.05, 4.69) is 15.3 Å². The van der Waals surface area contributed by atoms with Gasteiger partial charge in [0.1, 0.15) is 19.0 Å². The van der Waals surface area contributed by atoms with Gasteiger partial charge >= 0.3 is 0 Å². The molecule has 0 aliphatic carbocycles. The predicted molar refractivity (Wildman–Crippen MR) is 66.0 cm³/mol. The molecule has 100 valence electrons. The van der Waals surface area contributed by atoms with Crippen molar-refractivity contribution in [2.45, 2.75) is 20.0 Å². The van der Waals surface area contributed by atoms with Crippen LogP contribution in [0.4, 0.5) is 0 Å². The third-order valence-corrected chi connectivity index (χ3v) is 2.68. The normalized spacial score (nSPS) is 19.6. The topological polar surface area (TPSA) is 65.5 Å². The minimum atomic E-state index is 0.0728. The van der Waals surface area contributed by atoms with Crippen LogP contribution >= 0.6 is 0 Å². The number of aromatic nitrogens is 2. The van der Waals surface area contributed by atoms with E-state index < -0.39 is 0 Å². The van der Waals surface area contributed by atoms with Crippen molar-refractivity contribution in [1.82, 2.24) is 15.3 Å². The Labute approximate surface area is 107 Å². The van der Waals surface area contributed by atoms with Crippen LogP contribution in [0, 0.1) is 6.92 Å². The minimum absolute atomic E-state index is 0.0728. The molecule has 1 aromatic heterocycles. The van der Waals surface area contributed by atoms with E-state index >= 15 is 0 Å². The van der Waals surface area contributed by atoms with Gasteiger partial charge in [0, 0.05) is 13.1 Å². The van der Waals surface area contributed by atoms with Crippen molar-refractivity contribution in [1.29, 1.82) is 0 Å². The highest BCUT2D eigenvalue weighted by atomic mass is 16.5. The molecule has 1 N–H and O–H groups in total. The standard InChI is InChI=1S/C12H19N3O3/c1-3-16-11-9(2)12(15-8-14-11)18-7-10-6-13-4-5-17-10/h8,10,13H,3-7H2,1-2H3. The quantitative estimate of drug-likeness (QED) is 0.826. The zero-order valence-electron chi connectivity index (χ0n) is 10.8. The maximum absolute atomic E-state index is 5.67. The number of hydrogen-bond donors (Lipinski definition) is 1. The molecule has 1 aliphatic rings. The lowest BCUT2D eigenvalue weighted by molar-refractivity contribution is -0.000993. The van der Waals surface area contributed by atoms with Gasteiger partial charge in [0.2, 0.25) is 11.8 Å². The van der Waals surface area contributed by atoms with Gasteiger partial charge in [-0.3, -0.25) is 0 Å². The lowest BCUT2D eigenvalue weighted by Crippen LogP contribution is -2.41. The number of morpholine rings is 1. The summed E-state index contributed by atoms with van der Waals surface area (Å²) >= 11 is 0. The number of nitrogens with zero attached hydrogens (tertiary/aromatic N) is 2. The summed E-state index contributed by atoms with van der Waals surface area (Å²) in [6, 6.07) is 0. The fraction of sp³-hybridized carbons (Fsp3) is 0.667. The Morgan fingerprint density at radius 3 is 2.83 bits per heavy atom. The second-order valence-electron chi connectivity index (χ2n) is 4.05. The number of ether oxygens (including phenoxy) is 3. The monoisotopic (exact) mass is 253 g/mol. The number of rotatable bonds is 5. The Hall–Kier alpha value is -1.40. The number of nitrogens with one attached hydrogen (secondary N) is 1. The maximum Gasteiger partial charge on any atom is 0.223 e. The summed E-state index contributed by atoms with van der Waals surface area (Å²) < 4.78 is 16.6. The summed E-state index contributed by atoms with van der Waals surface area (Å²) in [5, 5.41) is 3.25. The van der Waals surface area contributed by atoms with Crippen LogP contribution in [0.25, 0.3) is 0 Å². The van der Waals surface area contributed by atoms with Crippen molar-refractivity contribution in [2.75, 3.05) is 32.9 Å². The highest BCUT2D eigenvalue weighted by Crippen LogP contribution is 2.22. The van der Waals surface area contributed by atoms with E-state index in [0.29, 0.717) is 25.0 Å². The van der Waals surface area contributed by atoms with E-state index in [0.717, 1.165) is 25.3 Å². The van der Waals surface area contributed by atoms with E-state index in [1.165, 1.54) is 6.33 Å². The average Bonchev–Trinajstić information content (AvgIpc) is 2.41. The summed E-state index contributed by atoms with van der Waals surface area (Å²) in [4.78, 5) is 8.18. The first-order valence-corrected chi connectivity index (χ1v) is 6.20. The van der Waals surface area contributed by atoms with Crippen LogP contribution in [0.1, 0.15) is 12.5 Å². The van der Waals surface area contributed by atoms with Crippen molar-refractivity contribution < 1.29 is 14.2 Å². The van der Waals surface area contributed by atoms with E-state index in [9.17, 15) is 0 Å². The summed E-state index contributed by atoms with van der Waals surface area (Å²) in [5.74, 6) is 1.13. The summed E-state index contributed by atoms with van der Waals surface area (Å²) in [5.41, 5.74) is 0.822. The molecule has 0 amide bonds. The summed E-state index contributed by atoms with van der Waals surface area (Å²) in [7, 11) is 0. The van der Waals surface area contributed by atoms with Gasteiger partial charge in [0.25, 0.3) is 0 Å². The van der Waals surface area contributed by atoms with E-state index in [-0.39, 0.29) is 6.10 Å². The van der Waals surface area contributed by atoms with Gasteiger partial charge in [0.05, 0.1) is 18.8 Å². The molecule has 2 rings (SSSR count). The summed E-state index contributed by atoms with van der Waals surface area (Å²) in [6.07, 6.45) is 1.52. The molecule has 6 nitrogen and oxygen atoms in total. The smallest absolute Gasteiger partial charge is 0.223 e. The molecule has 18 heavy (non-hydrogen) atoms. The van der Waals surface area contributed by atoms with Gasteiger partial charge in [-0.25, -0.2) is 9.97 Å². The Bertz CT molecular complexity index is 381. The van der Waals surface area contributed by atoms with Gasteiger partial charge < -0.3 is 19.5 Å². The van der Waals surface area contributed by atoms with Crippen LogP contribution in [-0.4, -0.2) is 49.0 Å². The lowest BCUT2D eigenvalue weighted by atomic mass is 10.3. The van der Waals surface area contributed by atoms with E-state index in [4.69, 9.17) is 14.2 Å². The third kappa shape index (κ3) is 3.30. The largest absolute Gasteiger partial charge is 0.478 e. The van der Waals surface area contributed by atoms with E-state index in [1.807, 2.05) is 13.8 Å². The molecule has 1 saturated heterocycles. The maximum atomic E-state index is 5.67. The van der Waals surface area contributed by atoms with Gasteiger partial charge in [-0.15, -0.1) is 0 Å². The Balaban J connectivity index is 1.93. The van der Waals surface area contributed by atoms with Crippen LogP contribution in [0.5, 0.6) is 11.8 Å². The molecule has 1 unspecified atom stereocenters. The molecular formula is C12H19N3O3. The second kappa shape index (κ2) is 6.51. The molecule has 0 radical (unpaired) electrons. The van der Waals surface area contributed by atoms with Crippen molar-refractivity contribution >= 4 is 0 Å². The highest BCUT2D eigenvalue weighted by Gasteiger charge is 2.16. The highest BCUT2D eigenvalue weighted by molar-refractivity contribution is 5.32. The van der Waals surface area contributed by atoms with Crippen molar-refractivity contribution in [3.05, 3.63) is 11.9 Å². The van der Waals surface area contributed by atoms with Crippen molar-refractivity contribution in [3.63, 3.8) is 0 Å². The molecule has 1 fully saturated rings. The first-order chi connectivity index (χ1) is 8.81. The van der Waals surface area contributed by atoms with Crippen LogP contribution < -0.4 is 14.8 Å². The molecule has 0 saturated carbocycles. The minimum Gasteiger partial charge on any atom is -0.478 e. The first-order valence-electron chi connectivity index (χ1n) is 6.20. The van der Waals surface area contributed by atoms with Crippen LogP contribution in [0.2, 0.25) is 0 Å². The lowest BCUT2D eigenvalue weighted by Gasteiger charge is -2.23. The molecular weight excluding hydrogens is 234 g/mol. The van der Waals surface area contributed by atoms with Crippen LogP contribution in [0.3, 0.4) is 0 Å². The Morgan fingerprint density at radius 2 is 2.17 bits per heavy atom. The fourth-order valence-electron chi connectivity index (χ4n) is 1.75. The second-order valence-corrected chi connectivity index (χ2v) is 4.05. The first kappa shape index (κ1) is 13.0. The predicted octanol–water partition coefficient (Wildman–Crippen LogP) is 0.551. The molecule has 0 aromatic carbocycles. The van der Waals surface area contributed by atoms with Gasteiger partial charge in [0.15, 0.2) is 0 Å².